The van der Waals surface area contributed by atoms with Crippen LogP contribution in [-0.4, -0.2) is 42.4 Å². The van der Waals surface area contributed by atoms with E-state index in [1.165, 1.54) is 0 Å². The first-order chi connectivity index (χ1) is 9.69. The second-order valence-corrected chi connectivity index (χ2v) is 5.54. The molecule has 1 rings (SSSR count). The molecule has 2 amide bonds. The van der Waals surface area contributed by atoms with Gasteiger partial charge in [0, 0.05) is 38.5 Å². The third kappa shape index (κ3) is 7.67. The summed E-state index contributed by atoms with van der Waals surface area (Å²) in [6, 6.07) is 0.166. The van der Waals surface area contributed by atoms with Crippen molar-refractivity contribution in [2.45, 2.75) is 64.3 Å². The van der Waals surface area contributed by atoms with Gasteiger partial charge >= 0.3 is 0 Å². The van der Waals surface area contributed by atoms with E-state index >= 15 is 0 Å². The molecule has 0 saturated carbocycles. The second kappa shape index (κ2) is 11.8. The summed E-state index contributed by atoms with van der Waals surface area (Å²) in [4.78, 5) is 25.7. The van der Waals surface area contributed by atoms with E-state index in [0.29, 0.717) is 25.9 Å². The van der Waals surface area contributed by atoms with Crippen LogP contribution in [0.2, 0.25) is 0 Å². The summed E-state index contributed by atoms with van der Waals surface area (Å²) in [5.74, 6) is 0.229. The summed E-state index contributed by atoms with van der Waals surface area (Å²) in [6.45, 7) is 3.91. The molecular weight excluding hydrogens is 290 g/mol. The highest BCUT2D eigenvalue weighted by Gasteiger charge is 2.26. The number of amides is 2. The maximum atomic E-state index is 12.2. The number of nitrogens with two attached hydrogens (primary N) is 1. The minimum absolute atomic E-state index is 0. The molecule has 3 N–H and O–H groups in total. The topological polar surface area (TPSA) is 75.4 Å². The van der Waals surface area contributed by atoms with Crippen molar-refractivity contribution in [3.63, 3.8) is 0 Å². The van der Waals surface area contributed by atoms with Crippen LogP contribution in [0.25, 0.3) is 0 Å². The molecule has 1 saturated heterocycles. The van der Waals surface area contributed by atoms with Gasteiger partial charge < -0.3 is 16.0 Å². The van der Waals surface area contributed by atoms with Gasteiger partial charge in [-0.1, -0.05) is 19.8 Å². The van der Waals surface area contributed by atoms with Gasteiger partial charge in [0.25, 0.3) is 0 Å². The van der Waals surface area contributed by atoms with Crippen molar-refractivity contribution in [3.8, 4) is 0 Å². The van der Waals surface area contributed by atoms with Gasteiger partial charge in [-0.25, -0.2) is 0 Å². The van der Waals surface area contributed by atoms with Crippen molar-refractivity contribution in [2.24, 2.45) is 5.73 Å². The first-order valence-corrected chi connectivity index (χ1v) is 7.95. The lowest BCUT2D eigenvalue weighted by molar-refractivity contribution is -0.135. The van der Waals surface area contributed by atoms with E-state index in [1.54, 1.807) is 0 Å². The SMILES string of the molecule is CCCCCC(=O)N1CCCCC1CNC(=O)CCN.Cl. The lowest BCUT2D eigenvalue weighted by atomic mass is 10.0. The Labute approximate surface area is 134 Å². The maximum Gasteiger partial charge on any atom is 0.222 e. The van der Waals surface area contributed by atoms with Gasteiger partial charge in [-0.15, -0.1) is 12.4 Å². The van der Waals surface area contributed by atoms with Crippen molar-refractivity contribution < 1.29 is 9.59 Å². The number of rotatable bonds is 8. The molecule has 1 aliphatic heterocycles. The summed E-state index contributed by atoms with van der Waals surface area (Å²) in [5, 5.41) is 2.89. The van der Waals surface area contributed by atoms with Crippen LogP contribution >= 0.6 is 12.4 Å². The third-order valence-corrected chi connectivity index (χ3v) is 3.85. The molecule has 1 aliphatic rings. The molecule has 0 aliphatic carbocycles. The largest absolute Gasteiger partial charge is 0.354 e. The van der Waals surface area contributed by atoms with Gasteiger partial charge in [-0.05, 0) is 25.7 Å². The Morgan fingerprint density at radius 3 is 2.67 bits per heavy atom. The molecule has 21 heavy (non-hydrogen) atoms. The molecule has 0 aromatic rings. The molecule has 0 radical (unpaired) electrons. The van der Waals surface area contributed by atoms with Crippen molar-refractivity contribution in [1.29, 1.82) is 0 Å². The molecule has 1 heterocycles. The van der Waals surface area contributed by atoms with Crippen LogP contribution in [0.5, 0.6) is 0 Å². The summed E-state index contributed by atoms with van der Waals surface area (Å²) in [5.41, 5.74) is 5.36. The quantitative estimate of drug-likeness (QED) is 0.670. The summed E-state index contributed by atoms with van der Waals surface area (Å²) >= 11 is 0. The number of likely N-dealkylation sites (tertiary alicyclic amines) is 1. The average Bonchev–Trinajstić information content (AvgIpc) is 2.46. The highest BCUT2D eigenvalue weighted by Crippen LogP contribution is 2.18. The molecule has 0 aromatic carbocycles. The standard InChI is InChI=1S/C15H29N3O2.ClH/c1-2-3-4-8-15(20)18-11-6-5-7-13(18)12-17-14(19)9-10-16;/h13H,2-12,16H2,1H3,(H,17,19);1H. The number of hydrogen-bond acceptors (Lipinski definition) is 3. The summed E-state index contributed by atoms with van der Waals surface area (Å²) < 4.78 is 0. The minimum Gasteiger partial charge on any atom is -0.354 e. The number of halogens is 1. The van der Waals surface area contributed by atoms with E-state index in [2.05, 4.69) is 12.2 Å². The Hall–Kier alpha value is -0.810. The molecule has 0 bridgehead atoms. The summed E-state index contributed by atoms with van der Waals surface area (Å²) in [7, 11) is 0. The van der Waals surface area contributed by atoms with Gasteiger partial charge in [0.05, 0.1) is 0 Å². The monoisotopic (exact) mass is 319 g/mol. The first kappa shape index (κ1) is 20.2. The van der Waals surface area contributed by atoms with Crippen molar-refractivity contribution in [3.05, 3.63) is 0 Å². The lowest BCUT2D eigenvalue weighted by Gasteiger charge is -2.36. The Balaban J connectivity index is 0.00000400. The molecule has 0 aromatic heterocycles. The van der Waals surface area contributed by atoms with Gasteiger partial charge in [0.2, 0.25) is 11.8 Å². The molecule has 124 valence electrons. The zero-order chi connectivity index (χ0) is 14.8. The molecule has 1 fully saturated rings. The summed E-state index contributed by atoms with van der Waals surface area (Å²) in [6.07, 6.45) is 7.41. The molecule has 1 unspecified atom stereocenters. The van der Waals surface area contributed by atoms with Crippen LogP contribution < -0.4 is 11.1 Å². The van der Waals surface area contributed by atoms with Crippen molar-refractivity contribution in [2.75, 3.05) is 19.6 Å². The second-order valence-electron chi connectivity index (χ2n) is 5.54. The van der Waals surface area contributed by atoms with E-state index in [-0.39, 0.29) is 30.3 Å². The molecule has 1 atom stereocenters. The van der Waals surface area contributed by atoms with E-state index < -0.39 is 0 Å². The normalized spacial score (nSPS) is 18.0. The zero-order valence-electron chi connectivity index (χ0n) is 13.1. The van der Waals surface area contributed by atoms with Crippen molar-refractivity contribution >= 4 is 24.2 Å². The Morgan fingerprint density at radius 1 is 1.24 bits per heavy atom. The smallest absolute Gasteiger partial charge is 0.222 e. The molecular formula is C15H30ClN3O2. The van der Waals surface area contributed by atoms with Gasteiger partial charge in [0.15, 0.2) is 0 Å². The predicted octanol–water partition coefficient (Wildman–Crippen LogP) is 1.83. The first-order valence-electron chi connectivity index (χ1n) is 7.95. The molecule has 5 nitrogen and oxygen atoms in total. The third-order valence-electron chi connectivity index (χ3n) is 3.85. The van der Waals surface area contributed by atoms with Crippen LogP contribution in [0.4, 0.5) is 0 Å². The van der Waals surface area contributed by atoms with E-state index in [1.807, 2.05) is 4.90 Å². The zero-order valence-corrected chi connectivity index (χ0v) is 13.9. The fourth-order valence-electron chi connectivity index (χ4n) is 2.66. The van der Waals surface area contributed by atoms with Gasteiger partial charge in [0.1, 0.15) is 0 Å². The Bertz CT molecular complexity index is 313. The minimum atomic E-state index is -0.0172. The number of unbranched alkanes of at least 4 members (excludes halogenated alkanes) is 2. The van der Waals surface area contributed by atoms with Crippen LogP contribution in [0, 0.1) is 0 Å². The number of nitrogens with zero attached hydrogens (tertiary/aromatic N) is 1. The van der Waals surface area contributed by atoms with Crippen LogP contribution in [0.15, 0.2) is 0 Å². The average molecular weight is 320 g/mol. The number of carbonyl (C=O) groups is 2. The van der Waals surface area contributed by atoms with Crippen LogP contribution in [0.3, 0.4) is 0 Å². The number of carbonyl (C=O) groups excluding carboxylic acids is 2. The van der Waals surface area contributed by atoms with Crippen molar-refractivity contribution in [1.82, 2.24) is 10.2 Å². The fraction of sp³-hybridized carbons (Fsp3) is 0.867. The molecule has 0 spiro atoms. The lowest BCUT2D eigenvalue weighted by Crippen LogP contribution is -2.49. The molecule has 6 heteroatoms. The van der Waals surface area contributed by atoms with E-state index in [9.17, 15) is 9.59 Å². The number of piperidine rings is 1. The van der Waals surface area contributed by atoms with Gasteiger partial charge in [-0.2, -0.15) is 0 Å². The fourth-order valence-corrected chi connectivity index (χ4v) is 2.66. The maximum absolute atomic E-state index is 12.2. The Kier molecular flexibility index (Phi) is 11.4. The number of hydrogen-bond donors (Lipinski definition) is 2. The van der Waals surface area contributed by atoms with E-state index in [4.69, 9.17) is 5.73 Å². The number of nitrogens with one attached hydrogen (secondary N) is 1. The highest BCUT2D eigenvalue weighted by molar-refractivity contribution is 5.85. The predicted molar refractivity (Wildman–Crippen MR) is 87.4 cm³/mol. The highest BCUT2D eigenvalue weighted by atomic mass is 35.5. The van der Waals surface area contributed by atoms with Crippen LogP contribution in [-0.2, 0) is 9.59 Å². The van der Waals surface area contributed by atoms with E-state index in [0.717, 1.165) is 45.1 Å². The Morgan fingerprint density at radius 2 is 2.00 bits per heavy atom. The van der Waals surface area contributed by atoms with Gasteiger partial charge in [-0.3, -0.25) is 9.59 Å². The van der Waals surface area contributed by atoms with Crippen LogP contribution in [0.1, 0.15) is 58.3 Å².